The summed E-state index contributed by atoms with van der Waals surface area (Å²) >= 11 is 5.75. The van der Waals surface area contributed by atoms with E-state index in [1.807, 2.05) is 4.90 Å². The molecule has 0 radical (unpaired) electrons. The van der Waals surface area contributed by atoms with E-state index in [0.717, 1.165) is 25.9 Å². The van der Waals surface area contributed by atoms with Gasteiger partial charge in [-0.2, -0.15) is 0 Å². The van der Waals surface area contributed by atoms with Crippen LogP contribution in [0.15, 0.2) is 24.3 Å². The number of aryl methyl sites for hydroxylation is 1. The molecule has 0 bridgehead atoms. The molecule has 108 valence electrons. The van der Waals surface area contributed by atoms with Gasteiger partial charge in [0, 0.05) is 24.9 Å². The number of hydrogen-bond donors (Lipinski definition) is 0. The molecule has 3 atom stereocenters. The molecule has 3 heteroatoms. The van der Waals surface area contributed by atoms with Gasteiger partial charge in [0.25, 0.3) is 0 Å². The third kappa shape index (κ3) is 2.35. The first kappa shape index (κ1) is 13.9. The van der Waals surface area contributed by atoms with Gasteiger partial charge in [-0.3, -0.25) is 4.79 Å². The number of benzene rings is 1. The van der Waals surface area contributed by atoms with Crippen LogP contribution in [0.5, 0.6) is 0 Å². The molecular weight excluding hydrogens is 270 g/mol. The van der Waals surface area contributed by atoms with Crippen molar-refractivity contribution in [2.24, 2.45) is 11.8 Å². The summed E-state index contributed by atoms with van der Waals surface area (Å²) in [7, 11) is 0. The second-order valence-corrected chi connectivity index (χ2v) is 6.29. The normalized spacial score (nSPS) is 26.6. The Bertz CT molecular complexity index is 502. The van der Waals surface area contributed by atoms with Gasteiger partial charge in [-0.25, -0.2) is 0 Å². The summed E-state index contributed by atoms with van der Waals surface area (Å²) in [6.07, 6.45) is 3.19. The number of fused-ring (bicyclic) bond motifs is 3. The SMILES string of the molecule is CCN(CCCCl)C(=O)C1C2CCc3ccccc3C21. The Balaban J connectivity index is 1.73. The van der Waals surface area contributed by atoms with E-state index < -0.39 is 0 Å². The van der Waals surface area contributed by atoms with Gasteiger partial charge < -0.3 is 4.90 Å². The molecule has 0 heterocycles. The van der Waals surface area contributed by atoms with Gasteiger partial charge in [-0.15, -0.1) is 11.6 Å². The monoisotopic (exact) mass is 291 g/mol. The summed E-state index contributed by atoms with van der Waals surface area (Å²) in [6.45, 7) is 3.66. The van der Waals surface area contributed by atoms with Crippen LogP contribution in [0.2, 0.25) is 0 Å². The van der Waals surface area contributed by atoms with Crippen molar-refractivity contribution in [1.82, 2.24) is 4.90 Å². The van der Waals surface area contributed by atoms with Crippen LogP contribution in [0.1, 0.15) is 36.8 Å². The highest BCUT2D eigenvalue weighted by molar-refractivity contribution is 6.17. The molecule has 0 spiro atoms. The third-order valence-electron chi connectivity index (χ3n) is 4.87. The van der Waals surface area contributed by atoms with Crippen LogP contribution >= 0.6 is 11.6 Å². The van der Waals surface area contributed by atoms with Crippen LogP contribution in [0, 0.1) is 11.8 Å². The predicted octanol–water partition coefficient (Wildman–Crippen LogP) is 3.44. The van der Waals surface area contributed by atoms with E-state index in [1.165, 1.54) is 17.5 Å². The summed E-state index contributed by atoms with van der Waals surface area (Å²) in [5, 5.41) is 0. The minimum absolute atomic E-state index is 0.230. The lowest BCUT2D eigenvalue weighted by Crippen LogP contribution is -2.33. The van der Waals surface area contributed by atoms with Crippen LogP contribution in [-0.4, -0.2) is 29.8 Å². The number of halogens is 1. The van der Waals surface area contributed by atoms with Gasteiger partial charge in [0.1, 0.15) is 0 Å². The van der Waals surface area contributed by atoms with Gasteiger partial charge >= 0.3 is 0 Å². The topological polar surface area (TPSA) is 20.3 Å². The molecule has 3 rings (SSSR count). The molecule has 1 fully saturated rings. The van der Waals surface area contributed by atoms with E-state index in [1.54, 1.807) is 0 Å². The summed E-state index contributed by atoms with van der Waals surface area (Å²) < 4.78 is 0. The standard InChI is InChI=1S/C17H22ClNO/c1-2-19(11-5-10-18)17(20)16-14-9-8-12-6-3-4-7-13(12)15(14)16/h3-4,6-7,14-16H,2,5,8-11H2,1H3. The number of hydrogen-bond acceptors (Lipinski definition) is 1. The van der Waals surface area contributed by atoms with E-state index in [4.69, 9.17) is 11.6 Å². The maximum absolute atomic E-state index is 12.7. The fourth-order valence-electron chi connectivity index (χ4n) is 3.79. The molecule has 1 aromatic rings. The van der Waals surface area contributed by atoms with Crippen LogP contribution in [0.3, 0.4) is 0 Å². The van der Waals surface area contributed by atoms with Gasteiger partial charge in [0.05, 0.1) is 0 Å². The Morgan fingerprint density at radius 2 is 2.20 bits per heavy atom. The van der Waals surface area contributed by atoms with Crippen molar-refractivity contribution in [1.29, 1.82) is 0 Å². The first-order valence-corrected chi connectivity index (χ1v) is 8.24. The van der Waals surface area contributed by atoms with E-state index in [2.05, 4.69) is 31.2 Å². The van der Waals surface area contributed by atoms with Crippen molar-refractivity contribution < 1.29 is 4.79 Å². The Hall–Kier alpha value is -1.02. The van der Waals surface area contributed by atoms with Gasteiger partial charge in [0.2, 0.25) is 5.91 Å². The van der Waals surface area contributed by atoms with Crippen molar-refractivity contribution in [3.63, 3.8) is 0 Å². The number of alkyl halides is 1. The molecule has 2 aliphatic rings. The predicted molar refractivity (Wildman–Crippen MR) is 82.1 cm³/mol. The summed E-state index contributed by atoms with van der Waals surface area (Å²) in [5.41, 5.74) is 2.88. The Kier molecular flexibility index (Phi) is 4.02. The molecule has 3 unspecified atom stereocenters. The molecule has 0 saturated heterocycles. The summed E-state index contributed by atoms with van der Waals surface area (Å²) in [5.74, 6) is 2.28. The maximum atomic E-state index is 12.7. The van der Waals surface area contributed by atoms with E-state index in [-0.39, 0.29) is 5.92 Å². The summed E-state index contributed by atoms with van der Waals surface area (Å²) in [6, 6.07) is 8.65. The van der Waals surface area contributed by atoms with E-state index in [0.29, 0.717) is 23.6 Å². The van der Waals surface area contributed by atoms with Crippen LogP contribution in [-0.2, 0) is 11.2 Å². The lowest BCUT2D eigenvalue weighted by Gasteiger charge is -2.20. The largest absolute Gasteiger partial charge is 0.343 e. The molecule has 0 aliphatic heterocycles. The molecule has 2 nitrogen and oxygen atoms in total. The van der Waals surface area contributed by atoms with Crippen molar-refractivity contribution >= 4 is 17.5 Å². The number of carbonyl (C=O) groups excluding carboxylic acids is 1. The highest BCUT2D eigenvalue weighted by Gasteiger charge is 2.57. The van der Waals surface area contributed by atoms with Crippen molar-refractivity contribution in [3.8, 4) is 0 Å². The maximum Gasteiger partial charge on any atom is 0.226 e. The fourth-order valence-corrected chi connectivity index (χ4v) is 3.91. The third-order valence-corrected chi connectivity index (χ3v) is 5.14. The molecule has 0 aromatic heterocycles. The van der Waals surface area contributed by atoms with Crippen LogP contribution < -0.4 is 0 Å². The van der Waals surface area contributed by atoms with Gasteiger partial charge in [-0.05, 0) is 49.1 Å². The minimum Gasteiger partial charge on any atom is -0.343 e. The Morgan fingerprint density at radius 1 is 1.40 bits per heavy atom. The highest BCUT2D eigenvalue weighted by atomic mass is 35.5. The molecule has 1 amide bonds. The number of amides is 1. The lowest BCUT2D eigenvalue weighted by atomic mass is 9.92. The minimum atomic E-state index is 0.230. The zero-order valence-corrected chi connectivity index (χ0v) is 12.8. The zero-order valence-electron chi connectivity index (χ0n) is 12.0. The van der Waals surface area contributed by atoms with Crippen molar-refractivity contribution in [2.75, 3.05) is 19.0 Å². The molecule has 1 saturated carbocycles. The first-order valence-electron chi connectivity index (χ1n) is 7.70. The molecular formula is C17H22ClNO. The molecule has 1 aromatic carbocycles. The average Bonchev–Trinajstić information content (AvgIpc) is 3.22. The van der Waals surface area contributed by atoms with Crippen LogP contribution in [0.25, 0.3) is 0 Å². The highest BCUT2D eigenvalue weighted by Crippen LogP contribution is 2.60. The zero-order chi connectivity index (χ0) is 14.1. The number of rotatable bonds is 5. The van der Waals surface area contributed by atoms with Crippen LogP contribution in [0.4, 0.5) is 0 Å². The second-order valence-electron chi connectivity index (χ2n) is 5.91. The van der Waals surface area contributed by atoms with Crippen molar-refractivity contribution in [3.05, 3.63) is 35.4 Å². The molecule has 20 heavy (non-hydrogen) atoms. The van der Waals surface area contributed by atoms with E-state index in [9.17, 15) is 4.79 Å². The number of carbonyl (C=O) groups is 1. The quantitative estimate of drug-likeness (QED) is 0.761. The molecule has 0 N–H and O–H groups in total. The van der Waals surface area contributed by atoms with E-state index >= 15 is 0 Å². The van der Waals surface area contributed by atoms with Gasteiger partial charge in [-0.1, -0.05) is 24.3 Å². The Morgan fingerprint density at radius 3 is 2.95 bits per heavy atom. The lowest BCUT2D eigenvalue weighted by molar-refractivity contribution is -0.132. The smallest absolute Gasteiger partial charge is 0.226 e. The Labute approximate surface area is 126 Å². The van der Waals surface area contributed by atoms with Crippen molar-refractivity contribution in [2.45, 2.75) is 32.1 Å². The average molecular weight is 292 g/mol. The first-order chi connectivity index (χ1) is 9.77. The summed E-state index contributed by atoms with van der Waals surface area (Å²) in [4.78, 5) is 14.7. The van der Waals surface area contributed by atoms with Gasteiger partial charge in [0.15, 0.2) is 0 Å². The fraction of sp³-hybridized carbons (Fsp3) is 0.588. The molecule has 2 aliphatic carbocycles. The second kappa shape index (κ2) is 5.77. The number of nitrogens with zero attached hydrogens (tertiary/aromatic N) is 1.